The Morgan fingerprint density at radius 1 is 1.18 bits per heavy atom. The summed E-state index contributed by atoms with van der Waals surface area (Å²) < 4.78 is 3.89. The van der Waals surface area contributed by atoms with Crippen LogP contribution in [0.4, 0.5) is 5.69 Å². The molecule has 22 heavy (non-hydrogen) atoms. The molecule has 2 heterocycles. The Kier molecular flexibility index (Phi) is 3.38. The number of fused-ring (bicyclic) bond motifs is 1. The summed E-state index contributed by atoms with van der Waals surface area (Å²) in [5, 5.41) is 20.6. The van der Waals surface area contributed by atoms with Gasteiger partial charge in [0.05, 0.1) is 16.1 Å². The maximum Gasteiger partial charge on any atom is 0.357 e. The number of aromatic nitrogens is 1. The molecule has 1 aliphatic heterocycles. The summed E-state index contributed by atoms with van der Waals surface area (Å²) in [6, 6.07) is 6.19. The van der Waals surface area contributed by atoms with E-state index < -0.39 is 11.9 Å². The maximum absolute atomic E-state index is 11.8. The number of carboxylic acids is 2. The molecule has 0 aliphatic carbocycles. The number of nitrogens with zero attached hydrogens (tertiary/aromatic N) is 1. The molecule has 0 radical (unpaired) electrons. The first-order valence-electron chi connectivity index (χ1n) is 6.33. The number of amides is 1. The lowest BCUT2D eigenvalue weighted by Crippen LogP contribution is -2.23. The zero-order valence-electron chi connectivity index (χ0n) is 11.1. The van der Waals surface area contributed by atoms with E-state index in [4.69, 9.17) is 10.2 Å². The van der Waals surface area contributed by atoms with Crippen molar-refractivity contribution in [2.75, 3.05) is 5.32 Å². The normalized spacial score (nSPS) is 16.7. The van der Waals surface area contributed by atoms with Gasteiger partial charge in [-0.2, -0.15) is 4.37 Å². The topological polar surface area (TPSA) is 117 Å². The predicted molar refractivity (Wildman–Crippen MR) is 77.6 cm³/mol. The van der Waals surface area contributed by atoms with Crippen LogP contribution < -0.4 is 5.32 Å². The average molecular weight is 318 g/mol. The van der Waals surface area contributed by atoms with Gasteiger partial charge in [-0.15, -0.1) is 0 Å². The number of hydrogen-bond acceptors (Lipinski definition) is 5. The quantitative estimate of drug-likeness (QED) is 0.797. The smallest absolute Gasteiger partial charge is 0.357 e. The second kappa shape index (κ2) is 5.23. The molecule has 1 aromatic heterocycles. The van der Waals surface area contributed by atoms with Crippen LogP contribution in [0.3, 0.4) is 0 Å². The third-order valence-corrected chi connectivity index (χ3v) is 4.41. The van der Waals surface area contributed by atoms with Crippen LogP contribution in [0, 0.1) is 0 Å². The number of rotatable bonds is 3. The summed E-state index contributed by atoms with van der Waals surface area (Å²) in [5.74, 6) is -2.83. The zero-order chi connectivity index (χ0) is 15.9. The monoisotopic (exact) mass is 318 g/mol. The van der Waals surface area contributed by atoms with Crippen molar-refractivity contribution in [2.24, 2.45) is 0 Å². The third-order valence-electron chi connectivity index (χ3n) is 3.45. The number of aromatic carboxylic acids is 2. The van der Waals surface area contributed by atoms with E-state index in [0.717, 1.165) is 17.1 Å². The number of hydrogen-bond donors (Lipinski definition) is 3. The van der Waals surface area contributed by atoms with Gasteiger partial charge in [0, 0.05) is 12.3 Å². The van der Waals surface area contributed by atoms with Gasteiger partial charge in [-0.1, -0.05) is 12.1 Å². The second-order valence-electron chi connectivity index (χ2n) is 4.81. The molecule has 0 fully saturated rings. The standard InChI is InChI=1S/C14H10N2O5S/c17-9-5-8(6-1-3-7(4-2-6)13(18)19)12-10(15-9)11(14(20)21)16-22-12/h1-4,8H,5H2,(H,15,17)(H,18,19)(H,20,21)/t8-/m1/s1. The molecule has 2 aromatic rings. The first-order valence-corrected chi connectivity index (χ1v) is 7.10. The van der Waals surface area contributed by atoms with Crippen LogP contribution in [0.1, 0.15) is 43.6 Å². The Bertz CT molecular complexity index is 781. The highest BCUT2D eigenvalue weighted by atomic mass is 32.1. The van der Waals surface area contributed by atoms with Gasteiger partial charge >= 0.3 is 11.9 Å². The molecule has 8 heteroatoms. The van der Waals surface area contributed by atoms with E-state index in [1.54, 1.807) is 12.1 Å². The fourth-order valence-corrected chi connectivity index (χ4v) is 3.35. The summed E-state index contributed by atoms with van der Waals surface area (Å²) in [6.07, 6.45) is 0.167. The molecule has 0 unspecified atom stereocenters. The van der Waals surface area contributed by atoms with Crippen molar-refractivity contribution in [3.05, 3.63) is 46.0 Å². The van der Waals surface area contributed by atoms with E-state index in [-0.39, 0.29) is 35.2 Å². The SMILES string of the molecule is O=C1C[C@H](c2ccc(C(=O)O)cc2)c2snc(C(=O)O)c2N1. The number of carbonyl (C=O) groups is 3. The lowest BCUT2D eigenvalue weighted by atomic mass is 9.89. The Labute approximate surface area is 128 Å². The molecule has 1 aliphatic rings. The van der Waals surface area contributed by atoms with Gasteiger partial charge in [-0.3, -0.25) is 4.79 Å². The van der Waals surface area contributed by atoms with Gasteiger partial charge in [-0.25, -0.2) is 9.59 Å². The minimum atomic E-state index is -1.19. The van der Waals surface area contributed by atoms with Crippen molar-refractivity contribution in [2.45, 2.75) is 12.3 Å². The fraction of sp³-hybridized carbons (Fsp3) is 0.143. The molecule has 0 spiro atoms. The van der Waals surface area contributed by atoms with Crippen LogP contribution in [-0.4, -0.2) is 32.4 Å². The van der Waals surface area contributed by atoms with Gasteiger partial charge in [0.15, 0.2) is 5.69 Å². The molecule has 0 saturated carbocycles. The average Bonchev–Trinajstić information content (AvgIpc) is 2.90. The van der Waals surface area contributed by atoms with Crippen molar-refractivity contribution in [1.82, 2.24) is 4.37 Å². The van der Waals surface area contributed by atoms with Gasteiger partial charge < -0.3 is 15.5 Å². The van der Waals surface area contributed by atoms with Crippen LogP contribution in [-0.2, 0) is 4.79 Å². The largest absolute Gasteiger partial charge is 0.478 e. The first kappa shape index (κ1) is 14.2. The Morgan fingerprint density at radius 2 is 1.86 bits per heavy atom. The van der Waals surface area contributed by atoms with Crippen molar-refractivity contribution in [3.8, 4) is 0 Å². The van der Waals surface area contributed by atoms with Crippen molar-refractivity contribution >= 4 is 35.1 Å². The van der Waals surface area contributed by atoms with E-state index in [1.807, 2.05) is 0 Å². The highest BCUT2D eigenvalue weighted by Crippen LogP contribution is 2.41. The highest BCUT2D eigenvalue weighted by molar-refractivity contribution is 7.06. The first-order chi connectivity index (χ1) is 10.5. The molecular formula is C14H10N2O5S. The molecule has 3 N–H and O–H groups in total. The number of carboxylic acid groups (broad SMARTS) is 2. The number of carbonyl (C=O) groups excluding carboxylic acids is 1. The lowest BCUT2D eigenvalue weighted by Gasteiger charge is -2.22. The Hall–Kier alpha value is -2.74. The molecule has 7 nitrogen and oxygen atoms in total. The highest BCUT2D eigenvalue weighted by Gasteiger charge is 2.33. The van der Waals surface area contributed by atoms with Crippen LogP contribution in [0.25, 0.3) is 0 Å². The van der Waals surface area contributed by atoms with E-state index in [1.165, 1.54) is 12.1 Å². The van der Waals surface area contributed by atoms with Crippen molar-refractivity contribution in [3.63, 3.8) is 0 Å². The second-order valence-corrected chi connectivity index (χ2v) is 5.61. The molecule has 1 atom stereocenters. The third kappa shape index (κ3) is 2.33. The molecule has 1 aromatic carbocycles. The van der Waals surface area contributed by atoms with E-state index in [9.17, 15) is 14.4 Å². The maximum atomic E-state index is 11.8. The summed E-state index contributed by atoms with van der Waals surface area (Å²) in [4.78, 5) is 34.5. The fourth-order valence-electron chi connectivity index (χ4n) is 2.40. The summed E-state index contributed by atoms with van der Waals surface area (Å²) in [5.41, 5.74) is 0.975. The van der Waals surface area contributed by atoms with Gasteiger partial charge in [0.25, 0.3) is 0 Å². The number of nitrogens with one attached hydrogen (secondary N) is 1. The van der Waals surface area contributed by atoms with Gasteiger partial charge in [-0.05, 0) is 29.2 Å². The molecular weight excluding hydrogens is 308 g/mol. The predicted octanol–water partition coefficient (Wildman–Crippen LogP) is 2.01. The van der Waals surface area contributed by atoms with Crippen LogP contribution >= 0.6 is 11.5 Å². The summed E-state index contributed by atoms with van der Waals surface area (Å²) >= 11 is 1.03. The van der Waals surface area contributed by atoms with Crippen molar-refractivity contribution < 1.29 is 24.6 Å². The van der Waals surface area contributed by atoms with E-state index in [2.05, 4.69) is 9.69 Å². The molecule has 3 rings (SSSR count). The van der Waals surface area contributed by atoms with E-state index in [0.29, 0.717) is 4.88 Å². The minimum Gasteiger partial charge on any atom is -0.478 e. The number of benzene rings is 1. The van der Waals surface area contributed by atoms with Gasteiger partial charge in [0.2, 0.25) is 5.91 Å². The molecule has 112 valence electrons. The Morgan fingerprint density at radius 3 is 2.45 bits per heavy atom. The molecule has 0 saturated heterocycles. The zero-order valence-corrected chi connectivity index (χ0v) is 11.9. The van der Waals surface area contributed by atoms with Crippen LogP contribution in [0.5, 0.6) is 0 Å². The van der Waals surface area contributed by atoms with Crippen LogP contribution in [0.2, 0.25) is 0 Å². The molecule has 1 amide bonds. The minimum absolute atomic E-state index is 0.153. The number of anilines is 1. The van der Waals surface area contributed by atoms with Gasteiger partial charge in [0.1, 0.15) is 0 Å². The van der Waals surface area contributed by atoms with E-state index >= 15 is 0 Å². The van der Waals surface area contributed by atoms with Crippen molar-refractivity contribution in [1.29, 1.82) is 0 Å². The summed E-state index contributed by atoms with van der Waals surface area (Å²) in [6.45, 7) is 0. The summed E-state index contributed by atoms with van der Waals surface area (Å²) in [7, 11) is 0. The Balaban J connectivity index is 2.04. The lowest BCUT2D eigenvalue weighted by molar-refractivity contribution is -0.116. The molecule has 0 bridgehead atoms. The van der Waals surface area contributed by atoms with Crippen LogP contribution in [0.15, 0.2) is 24.3 Å².